The third-order valence-electron chi connectivity index (χ3n) is 3.26. The second-order valence-electron chi connectivity index (χ2n) is 6.08. The third-order valence-corrected chi connectivity index (χ3v) is 3.26. The van der Waals surface area contributed by atoms with Crippen molar-refractivity contribution in [2.45, 2.75) is 26.4 Å². The summed E-state index contributed by atoms with van der Waals surface area (Å²) in [6, 6.07) is 5.78. The van der Waals surface area contributed by atoms with Crippen molar-refractivity contribution in [2.75, 3.05) is 6.61 Å². The van der Waals surface area contributed by atoms with Crippen molar-refractivity contribution in [3.63, 3.8) is 0 Å². The smallest absolute Gasteiger partial charge is 0.136 e. The van der Waals surface area contributed by atoms with Gasteiger partial charge in [0.2, 0.25) is 0 Å². The molecule has 0 radical (unpaired) electrons. The molecule has 0 saturated carbocycles. The molecule has 0 saturated heterocycles. The van der Waals surface area contributed by atoms with Crippen LogP contribution in [0.4, 0.5) is 0 Å². The number of allylic oxidation sites excluding steroid dienone is 3. The Labute approximate surface area is 141 Å². The molecule has 0 amide bonds. The van der Waals surface area contributed by atoms with Gasteiger partial charge in [-0.15, -0.1) is 0 Å². The van der Waals surface area contributed by atoms with Gasteiger partial charge < -0.3 is 20.6 Å². The maximum Gasteiger partial charge on any atom is 0.136 e. The van der Waals surface area contributed by atoms with Crippen LogP contribution in [0.5, 0.6) is 0 Å². The zero-order valence-electron chi connectivity index (χ0n) is 13.9. The highest BCUT2D eigenvalue weighted by Crippen LogP contribution is 2.28. The molecule has 1 aromatic rings. The topological polar surface area (TPSA) is 102 Å². The van der Waals surface area contributed by atoms with Crippen molar-refractivity contribution in [3.8, 4) is 6.07 Å². The number of aromatic nitrogens is 1. The number of nitrogens with zero attached hydrogens (tertiary/aromatic N) is 2. The Morgan fingerprint density at radius 3 is 2.79 bits per heavy atom. The average molecular weight is 324 g/mol. The van der Waals surface area contributed by atoms with Gasteiger partial charge in [0.05, 0.1) is 16.9 Å². The van der Waals surface area contributed by atoms with E-state index >= 15 is 0 Å². The molecule has 0 bridgehead atoms. The summed E-state index contributed by atoms with van der Waals surface area (Å²) in [5.41, 5.74) is 2.16. The number of nitrogens with one attached hydrogen (secondary N) is 2. The van der Waals surface area contributed by atoms with Crippen molar-refractivity contribution in [1.29, 1.82) is 10.7 Å². The van der Waals surface area contributed by atoms with Crippen molar-refractivity contribution in [1.82, 2.24) is 10.3 Å². The summed E-state index contributed by atoms with van der Waals surface area (Å²) in [6.07, 6.45) is 6.09. The highest BCUT2D eigenvalue weighted by molar-refractivity contribution is 5.92. The number of hydrogen-bond acceptors (Lipinski definition) is 6. The highest BCUT2D eigenvalue weighted by Gasteiger charge is 2.19. The van der Waals surface area contributed by atoms with Crippen molar-refractivity contribution in [3.05, 3.63) is 58.9 Å². The van der Waals surface area contributed by atoms with Gasteiger partial charge in [-0.1, -0.05) is 6.07 Å². The molecule has 0 spiro atoms. The molecule has 0 fully saturated rings. The first-order chi connectivity index (χ1) is 11.3. The Bertz CT molecular complexity index is 760. The maximum absolute atomic E-state index is 9.79. The van der Waals surface area contributed by atoms with Gasteiger partial charge in [0.1, 0.15) is 18.4 Å². The van der Waals surface area contributed by atoms with E-state index in [0.29, 0.717) is 17.0 Å². The molecule has 3 N–H and O–H groups in total. The van der Waals surface area contributed by atoms with E-state index in [9.17, 15) is 10.4 Å². The first-order valence-corrected chi connectivity index (χ1v) is 7.46. The molecule has 124 valence electrons. The van der Waals surface area contributed by atoms with Crippen LogP contribution in [-0.2, 0) is 4.74 Å². The zero-order chi connectivity index (χ0) is 17.7. The monoisotopic (exact) mass is 324 g/mol. The molecule has 2 heterocycles. The molecule has 0 aliphatic carbocycles. The van der Waals surface area contributed by atoms with Crippen LogP contribution in [0.15, 0.2) is 47.6 Å². The number of aliphatic hydroxyl groups is 1. The lowest BCUT2D eigenvalue weighted by atomic mass is 9.98. The summed E-state index contributed by atoms with van der Waals surface area (Å²) in [4.78, 5) is 4.28. The maximum atomic E-state index is 9.79. The Morgan fingerprint density at radius 2 is 2.25 bits per heavy atom. The Balaban J connectivity index is 2.43. The summed E-state index contributed by atoms with van der Waals surface area (Å²) < 4.78 is 5.61. The second kappa shape index (κ2) is 7.11. The van der Waals surface area contributed by atoms with E-state index in [1.165, 1.54) is 0 Å². The van der Waals surface area contributed by atoms with Crippen molar-refractivity contribution < 1.29 is 9.84 Å². The Hall–Kier alpha value is -2.91. The minimum atomic E-state index is -0.955. The average Bonchev–Trinajstić information content (AvgIpc) is 2.55. The molecule has 1 aliphatic rings. The summed E-state index contributed by atoms with van der Waals surface area (Å²) in [6.45, 7) is 5.34. The highest BCUT2D eigenvalue weighted by atomic mass is 16.5. The molecule has 6 nitrogen and oxygen atoms in total. The zero-order valence-corrected chi connectivity index (χ0v) is 13.9. The van der Waals surface area contributed by atoms with Gasteiger partial charge >= 0.3 is 0 Å². The largest absolute Gasteiger partial charge is 0.489 e. The Morgan fingerprint density at radius 1 is 1.50 bits per heavy atom. The summed E-state index contributed by atoms with van der Waals surface area (Å²) in [5.74, 6) is 0.527. The fraction of sp³-hybridized carbons (Fsp3) is 0.278. The van der Waals surface area contributed by atoms with E-state index in [1.807, 2.05) is 25.1 Å². The fourth-order valence-corrected chi connectivity index (χ4v) is 2.06. The van der Waals surface area contributed by atoms with Gasteiger partial charge in [0.25, 0.3) is 0 Å². The fourth-order valence-electron chi connectivity index (χ4n) is 2.06. The van der Waals surface area contributed by atoms with Gasteiger partial charge in [-0.05, 0) is 32.9 Å². The van der Waals surface area contributed by atoms with Gasteiger partial charge in [-0.25, -0.2) is 0 Å². The first-order valence-electron chi connectivity index (χ1n) is 7.46. The van der Waals surface area contributed by atoms with Crippen molar-refractivity contribution in [2.24, 2.45) is 0 Å². The molecule has 0 aromatic carbocycles. The molecular weight excluding hydrogens is 304 g/mol. The summed E-state index contributed by atoms with van der Waals surface area (Å²) >= 11 is 0. The minimum Gasteiger partial charge on any atom is -0.489 e. The van der Waals surface area contributed by atoms with Crippen LogP contribution in [0.1, 0.15) is 25.1 Å². The number of ether oxygens (including phenoxy) is 1. The van der Waals surface area contributed by atoms with Crippen LogP contribution in [0, 0.1) is 23.7 Å². The molecule has 24 heavy (non-hydrogen) atoms. The molecule has 6 heteroatoms. The number of pyridine rings is 1. The van der Waals surface area contributed by atoms with E-state index in [1.54, 1.807) is 32.3 Å². The van der Waals surface area contributed by atoms with Crippen LogP contribution >= 0.6 is 0 Å². The van der Waals surface area contributed by atoms with Gasteiger partial charge in [0.15, 0.2) is 0 Å². The Kier molecular flexibility index (Phi) is 5.17. The summed E-state index contributed by atoms with van der Waals surface area (Å²) in [5, 5.41) is 29.5. The number of nitriles is 1. The van der Waals surface area contributed by atoms with Crippen LogP contribution in [0.2, 0.25) is 0 Å². The van der Waals surface area contributed by atoms with Gasteiger partial charge in [-0.2, -0.15) is 5.26 Å². The van der Waals surface area contributed by atoms with Crippen LogP contribution < -0.4 is 5.32 Å². The number of aryl methyl sites for hydroxylation is 1. The molecule has 0 unspecified atom stereocenters. The third kappa shape index (κ3) is 4.31. The van der Waals surface area contributed by atoms with Crippen LogP contribution in [0.3, 0.4) is 0 Å². The lowest BCUT2D eigenvalue weighted by Gasteiger charge is -2.23. The first kappa shape index (κ1) is 17.4. The van der Waals surface area contributed by atoms with E-state index in [0.717, 1.165) is 17.5 Å². The standard InChI is InChI=1S/C18H20N4O2/c1-12-4-5-13(9-21-12)16-6-15(24-11-18(2,3)23)10-22-17(16)14(7-19)8-20/h4-7,9-10,19,22-23H,11H2,1-3H3/b17-14+,19-7?. The van der Waals surface area contributed by atoms with E-state index in [-0.39, 0.29) is 12.2 Å². The SMILES string of the molecule is Cc1ccc(C2=CC(OCC(C)(C)O)=CN/C2=C(/C#N)C=N)cn1. The lowest BCUT2D eigenvalue weighted by Crippen LogP contribution is -2.26. The summed E-state index contributed by atoms with van der Waals surface area (Å²) in [7, 11) is 0. The van der Waals surface area contributed by atoms with E-state index in [2.05, 4.69) is 10.3 Å². The minimum absolute atomic E-state index is 0.130. The molecule has 2 rings (SSSR count). The van der Waals surface area contributed by atoms with Crippen LogP contribution in [-0.4, -0.2) is 28.5 Å². The molecular formula is C18H20N4O2. The van der Waals surface area contributed by atoms with Gasteiger partial charge in [0, 0.05) is 35.4 Å². The molecule has 0 atom stereocenters. The van der Waals surface area contributed by atoms with Gasteiger partial charge in [-0.3, -0.25) is 4.98 Å². The molecule has 1 aliphatic heterocycles. The predicted octanol–water partition coefficient (Wildman–Crippen LogP) is 2.43. The number of rotatable bonds is 5. The van der Waals surface area contributed by atoms with Crippen molar-refractivity contribution >= 4 is 11.8 Å². The van der Waals surface area contributed by atoms with E-state index < -0.39 is 5.60 Å². The molecule has 1 aromatic heterocycles. The second-order valence-corrected chi connectivity index (χ2v) is 6.08. The predicted molar refractivity (Wildman–Crippen MR) is 91.8 cm³/mol. The lowest BCUT2D eigenvalue weighted by molar-refractivity contribution is 0.00548. The van der Waals surface area contributed by atoms with Crippen LogP contribution in [0.25, 0.3) is 5.57 Å². The quantitative estimate of drug-likeness (QED) is 0.570. The number of hydrogen-bond donors (Lipinski definition) is 3. The normalized spacial score (nSPS) is 16.3. The number of dihydropyridines is 1. The van der Waals surface area contributed by atoms with E-state index in [4.69, 9.17) is 10.1 Å².